The topological polar surface area (TPSA) is 57.0 Å². The molecule has 3 fully saturated rings. The van der Waals surface area contributed by atoms with Gasteiger partial charge in [0.1, 0.15) is 0 Å². The summed E-state index contributed by atoms with van der Waals surface area (Å²) in [5.41, 5.74) is 11.0. The molecule has 3 N–H and O–H groups in total. The standard InChI is InChI=1S/C18H31N5OP/c19-17-9-1-2-10-18(17)20-24-25(21-11-3-4-12-21,22-13-5-6-14-22)23-15-7-8-16-23/h1-2,9-10,20H,3-8,11-16,19H2/q+1. The second-order valence-corrected chi connectivity index (χ2v) is 10.2. The number of anilines is 2. The lowest BCUT2D eigenvalue weighted by Gasteiger charge is -2.40. The third-order valence-electron chi connectivity index (χ3n) is 5.59. The lowest BCUT2D eigenvalue weighted by molar-refractivity contribution is 0.246. The zero-order chi connectivity index (χ0) is 17.1. The van der Waals surface area contributed by atoms with Gasteiger partial charge >= 0.3 is 7.94 Å². The predicted molar refractivity (Wildman–Crippen MR) is 105 cm³/mol. The molecule has 0 saturated carbocycles. The van der Waals surface area contributed by atoms with E-state index < -0.39 is 7.94 Å². The third-order valence-corrected chi connectivity index (χ3v) is 9.34. The van der Waals surface area contributed by atoms with Crippen molar-refractivity contribution in [2.24, 2.45) is 0 Å². The van der Waals surface area contributed by atoms with E-state index in [9.17, 15) is 0 Å². The van der Waals surface area contributed by atoms with Crippen molar-refractivity contribution in [3.8, 4) is 0 Å². The van der Waals surface area contributed by atoms with E-state index in [2.05, 4.69) is 19.5 Å². The Morgan fingerprint density at radius 1 is 0.760 bits per heavy atom. The van der Waals surface area contributed by atoms with Gasteiger partial charge < -0.3 is 5.73 Å². The van der Waals surface area contributed by atoms with Crippen LogP contribution in [-0.2, 0) is 4.62 Å². The highest BCUT2D eigenvalue weighted by Gasteiger charge is 2.62. The first-order valence-corrected chi connectivity index (χ1v) is 11.3. The number of hydrogen-bond acceptors (Lipinski definition) is 6. The maximum absolute atomic E-state index is 6.71. The van der Waals surface area contributed by atoms with E-state index in [-0.39, 0.29) is 0 Å². The zero-order valence-electron chi connectivity index (χ0n) is 15.1. The summed E-state index contributed by atoms with van der Waals surface area (Å²) in [4.78, 5) is 0. The van der Waals surface area contributed by atoms with Gasteiger partial charge in [-0.1, -0.05) is 16.8 Å². The van der Waals surface area contributed by atoms with Crippen LogP contribution in [0, 0.1) is 0 Å². The molecule has 4 rings (SSSR count). The molecule has 7 heteroatoms. The molecular weight excluding hydrogens is 333 g/mol. The number of nitrogens with one attached hydrogen (secondary N) is 1. The van der Waals surface area contributed by atoms with Crippen molar-refractivity contribution in [3.63, 3.8) is 0 Å². The van der Waals surface area contributed by atoms with Crippen molar-refractivity contribution in [1.29, 1.82) is 0 Å². The molecule has 0 aliphatic carbocycles. The number of benzene rings is 1. The summed E-state index contributed by atoms with van der Waals surface area (Å²) in [7, 11) is -1.99. The van der Waals surface area contributed by atoms with E-state index in [1.54, 1.807) is 0 Å². The molecule has 138 valence electrons. The summed E-state index contributed by atoms with van der Waals surface area (Å²) in [6, 6.07) is 7.89. The van der Waals surface area contributed by atoms with Crippen LogP contribution in [0.5, 0.6) is 0 Å². The Morgan fingerprint density at radius 3 is 1.64 bits per heavy atom. The number of rotatable bonds is 6. The fourth-order valence-corrected chi connectivity index (χ4v) is 8.35. The second kappa shape index (κ2) is 7.77. The Labute approximate surface area is 151 Å². The Kier molecular flexibility index (Phi) is 5.44. The molecule has 6 nitrogen and oxygen atoms in total. The van der Waals surface area contributed by atoms with Gasteiger partial charge in [0.15, 0.2) is 0 Å². The van der Waals surface area contributed by atoms with Crippen LogP contribution < -0.4 is 11.2 Å². The van der Waals surface area contributed by atoms with Gasteiger partial charge in [-0.3, -0.25) is 0 Å². The molecule has 0 bridgehead atoms. The molecule has 3 heterocycles. The number of nitrogen functional groups attached to an aromatic ring is 1. The van der Waals surface area contributed by atoms with Gasteiger partial charge in [0.05, 0.1) is 11.4 Å². The second-order valence-electron chi connectivity index (χ2n) is 7.28. The van der Waals surface area contributed by atoms with Crippen LogP contribution in [0.1, 0.15) is 38.5 Å². The summed E-state index contributed by atoms with van der Waals surface area (Å²) < 4.78 is 14.7. The highest BCUT2D eigenvalue weighted by molar-refractivity contribution is 7.64. The van der Waals surface area contributed by atoms with E-state index in [0.29, 0.717) is 0 Å². The largest absolute Gasteiger partial charge is 0.402 e. The fourth-order valence-electron chi connectivity index (χ4n) is 4.29. The molecule has 1 aromatic carbocycles. The van der Waals surface area contributed by atoms with E-state index in [1.165, 1.54) is 38.5 Å². The molecule has 1 aromatic rings. The number of hydrogen-bond donors (Lipinski definition) is 2. The molecule has 0 amide bonds. The molecule has 0 spiro atoms. The van der Waals surface area contributed by atoms with Gasteiger partial charge in [-0.15, -0.1) is 14.0 Å². The highest BCUT2D eigenvalue weighted by Crippen LogP contribution is 2.70. The van der Waals surface area contributed by atoms with E-state index in [0.717, 1.165) is 50.6 Å². The molecule has 0 atom stereocenters. The molecule has 0 unspecified atom stereocenters. The SMILES string of the molecule is Nc1ccccc1NO[P+](N1CCCC1)(N1CCCC1)N1CCCC1. The minimum atomic E-state index is -1.99. The van der Waals surface area contributed by atoms with E-state index in [4.69, 9.17) is 10.4 Å². The number of nitrogens with zero attached hydrogens (tertiary/aromatic N) is 3. The summed E-state index contributed by atoms with van der Waals surface area (Å²) in [5, 5.41) is 0. The summed E-state index contributed by atoms with van der Waals surface area (Å²) >= 11 is 0. The Bertz CT molecular complexity index is 528. The molecule has 3 aliphatic heterocycles. The fraction of sp³-hybridized carbons (Fsp3) is 0.667. The first-order valence-electron chi connectivity index (χ1n) is 9.75. The van der Waals surface area contributed by atoms with Crippen LogP contribution in [0.3, 0.4) is 0 Å². The Hall–Kier alpha value is -0.910. The zero-order valence-corrected chi connectivity index (χ0v) is 16.0. The maximum Gasteiger partial charge on any atom is 0.402 e. The van der Waals surface area contributed by atoms with Crippen LogP contribution in [0.25, 0.3) is 0 Å². The summed E-state index contributed by atoms with van der Waals surface area (Å²) in [6.45, 7) is 6.87. The summed E-state index contributed by atoms with van der Waals surface area (Å²) in [6.07, 6.45) is 7.67. The normalized spacial score (nSPS) is 23.5. The van der Waals surface area contributed by atoms with Crippen molar-refractivity contribution >= 4 is 19.3 Å². The van der Waals surface area contributed by atoms with Crippen molar-refractivity contribution in [1.82, 2.24) is 14.0 Å². The third kappa shape index (κ3) is 3.38. The minimum absolute atomic E-state index is 0.741. The molecule has 0 aromatic heterocycles. The highest BCUT2D eigenvalue weighted by atomic mass is 31.2. The van der Waals surface area contributed by atoms with Gasteiger partial charge in [0.25, 0.3) is 0 Å². The van der Waals surface area contributed by atoms with Crippen LogP contribution in [-0.4, -0.2) is 53.3 Å². The van der Waals surface area contributed by atoms with Gasteiger partial charge in [0, 0.05) is 39.3 Å². The van der Waals surface area contributed by atoms with Crippen LogP contribution in [0.15, 0.2) is 24.3 Å². The molecule has 3 saturated heterocycles. The van der Waals surface area contributed by atoms with Gasteiger partial charge in [-0.05, 0) is 50.7 Å². The van der Waals surface area contributed by atoms with Crippen LogP contribution in [0.4, 0.5) is 11.4 Å². The first-order chi connectivity index (χ1) is 12.3. The van der Waals surface area contributed by atoms with Crippen molar-refractivity contribution in [2.75, 3.05) is 50.5 Å². The Balaban J connectivity index is 1.64. The van der Waals surface area contributed by atoms with Crippen LogP contribution in [0.2, 0.25) is 0 Å². The maximum atomic E-state index is 6.71. The average molecular weight is 364 g/mol. The van der Waals surface area contributed by atoms with E-state index >= 15 is 0 Å². The average Bonchev–Trinajstić information content (AvgIpc) is 3.41. The number of para-hydroxylation sites is 2. The first kappa shape index (κ1) is 17.5. The Morgan fingerprint density at radius 2 is 1.20 bits per heavy atom. The van der Waals surface area contributed by atoms with Crippen molar-refractivity contribution < 1.29 is 4.62 Å². The molecule has 3 aliphatic rings. The van der Waals surface area contributed by atoms with Gasteiger partial charge in [0.2, 0.25) is 0 Å². The lowest BCUT2D eigenvalue weighted by atomic mass is 10.3. The smallest absolute Gasteiger partial charge is 0.397 e. The molecular formula is C18H31N5OP+. The van der Waals surface area contributed by atoms with Gasteiger partial charge in [-0.25, -0.2) is 5.48 Å². The monoisotopic (exact) mass is 364 g/mol. The molecule has 25 heavy (non-hydrogen) atoms. The molecule has 0 radical (unpaired) electrons. The predicted octanol–water partition coefficient (Wildman–Crippen LogP) is 3.58. The number of nitrogens with two attached hydrogens (primary N) is 1. The van der Waals surface area contributed by atoms with Crippen molar-refractivity contribution in [3.05, 3.63) is 24.3 Å². The quantitative estimate of drug-likeness (QED) is 0.457. The van der Waals surface area contributed by atoms with E-state index in [1.807, 2.05) is 24.3 Å². The minimum Gasteiger partial charge on any atom is -0.397 e. The van der Waals surface area contributed by atoms with Crippen molar-refractivity contribution in [2.45, 2.75) is 38.5 Å². The lowest BCUT2D eigenvalue weighted by Crippen LogP contribution is -2.44. The van der Waals surface area contributed by atoms with Crippen LogP contribution >= 0.6 is 7.94 Å². The summed E-state index contributed by atoms with van der Waals surface area (Å²) in [5.74, 6) is 0. The van der Waals surface area contributed by atoms with Gasteiger partial charge in [-0.2, -0.15) is 0 Å².